The maximum absolute atomic E-state index is 11.1. The molecule has 0 spiro atoms. The standard InChI is InChI=1S/C10H19ClO3S/c1-10(2,3)8-6-4-5-7-9(8)13-15(12)14-11/h8-9H,4-7H2,1-3H3. The molecule has 90 valence electrons. The molecular weight excluding hydrogens is 236 g/mol. The van der Waals surface area contributed by atoms with Crippen LogP contribution in [-0.4, -0.2) is 10.3 Å². The van der Waals surface area contributed by atoms with E-state index in [1.807, 2.05) is 0 Å². The van der Waals surface area contributed by atoms with Crippen LogP contribution in [0.1, 0.15) is 46.5 Å². The van der Waals surface area contributed by atoms with Crippen molar-refractivity contribution in [1.82, 2.24) is 0 Å². The number of halogens is 1. The second-order valence-electron chi connectivity index (χ2n) is 5.16. The predicted molar refractivity (Wildman–Crippen MR) is 61.4 cm³/mol. The monoisotopic (exact) mass is 254 g/mol. The third-order valence-electron chi connectivity index (χ3n) is 3.07. The van der Waals surface area contributed by atoms with Crippen LogP contribution in [0.15, 0.2) is 0 Å². The molecule has 1 aliphatic carbocycles. The lowest BCUT2D eigenvalue weighted by molar-refractivity contribution is 0.0325. The Kier molecular flexibility index (Phi) is 5.03. The van der Waals surface area contributed by atoms with Crippen molar-refractivity contribution in [2.75, 3.05) is 0 Å². The Morgan fingerprint density at radius 2 is 1.87 bits per heavy atom. The molecule has 15 heavy (non-hydrogen) atoms. The maximum atomic E-state index is 11.1. The Hall–Kier alpha value is 0.360. The van der Waals surface area contributed by atoms with Crippen molar-refractivity contribution < 1.29 is 12.1 Å². The van der Waals surface area contributed by atoms with Gasteiger partial charge < -0.3 is 0 Å². The predicted octanol–water partition coefficient (Wildman–Crippen LogP) is 3.36. The average molecular weight is 255 g/mol. The van der Waals surface area contributed by atoms with E-state index in [0.29, 0.717) is 5.92 Å². The zero-order chi connectivity index (χ0) is 11.5. The lowest BCUT2D eigenvalue weighted by atomic mass is 9.71. The summed E-state index contributed by atoms with van der Waals surface area (Å²) in [6, 6.07) is 0. The van der Waals surface area contributed by atoms with Crippen LogP contribution >= 0.6 is 11.9 Å². The van der Waals surface area contributed by atoms with Crippen molar-refractivity contribution in [2.24, 2.45) is 11.3 Å². The Morgan fingerprint density at radius 1 is 1.27 bits per heavy atom. The van der Waals surface area contributed by atoms with Crippen LogP contribution in [0.5, 0.6) is 0 Å². The molecule has 1 saturated carbocycles. The quantitative estimate of drug-likeness (QED) is 0.775. The number of rotatable bonds is 3. The van der Waals surface area contributed by atoms with Crippen LogP contribution in [0.25, 0.3) is 0 Å². The van der Waals surface area contributed by atoms with E-state index < -0.39 is 11.4 Å². The van der Waals surface area contributed by atoms with E-state index in [0.717, 1.165) is 19.3 Å². The van der Waals surface area contributed by atoms with Gasteiger partial charge in [-0.3, -0.25) is 4.18 Å². The summed E-state index contributed by atoms with van der Waals surface area (Å²) in [6.07, 6.45) is 4.40. The Morgan fingerprint density at radius 3 is 2.40 bits per heavy atom. The van der Waals surface area contributed by atoms with Gasteiger partial charge in [0.2, 0.25) is 0 Å². The highest BCUT2D eigenvalue weighted by atomic mass is 35.5. The molecule has 1 fully saturated rings. The number of hydrogen-bond donors (Lipinski definition) is 0. The molecule has 3 nitrogen and oxygen atoms in total. The van der Waals surface area contributed by atoms with E-state index in [-0.39, 0.29) is 11.5 Å². The van der Waals surface area contributed by atoms with Crippen molar-refractivity contribution in [3.63, 3.8) is 0 Å². The van der Waals surface area contributed by atoms with Crippen LogP contribution in [0.3, 0.4) is 0 Å². The molecule has 1 aliphatic rings. The van der Waals surface area contributed by atoms with Gasteiger partial charge in [0.05, 0.1) is 18.0 Å². The van der Waals surface area contributed by atoms with Crippen molar-refractivity contribution in [1.29, 1.82) is 0 Å². The van der Waals surface area contributed by atoms with Gasteiger partial charge in [0, 0.05) is 0 Å². The third kappa shape index (κ3) is 4.02. The van der Waals surface area contributed by atoms with Gasteiger partial charge in [0.15, 0.2) is 0 Å². The lowest BCUT2D eigenvalue weighted by Gasteiger charge is -2.39. The first kappa shape index (κ1) is 13.4. The molecule has 0 aromatic carbocycles. The molecule has 1 rings (SSSR count). The normalized spacial score (nSPS) is 30.1. The first-order valence-electron chi connectivity index (χ1n) is 5.33. The van der Waals surface area contributed by atoms with Crippen molar-refractivity contribution >= 4 is 23.2 Å². The molecule has 0 heterocycles. The van der Waals surface area contributed by atoms with Gasteiger partial charge in [0.1, 0.15) is 0 Å². The van der Waals surface area contributed by atoms with Crippen LogP contribution in [0.4, 0.5) is 0 Å². The fourth-order valence-corrected chi connectivity index (χ4v) is 2.87. The largest absolute Gasteiger partial charge is 0.322 e. The summed E-state index contributed by atoms with van der Waals surface area (Å²) in [5, 5.41) is 0. The molecule has 0 radical (unpaired) electrons. The van der Waals surface area contributed by atoms with Crippen LogP contribution in [-0.2, 0) is 19.3 Å². The molecule has 0 saturated heterocycles. The van der Waals surface area contributed by atoms with Gasteiger partial charge in [-0.25, -0.2) is 0 Å². The SMILES string of the molecule is CC(C)(C)C1CCCCC1OS(=O)OCl. The maximum Gasteiger partial charge on any atom is 0.322 e. The Balaban J connectivity index is 2.62. The highest BCUT2D eigenvalue weighted by Gasteiger charge is 2.36. The van der Waals surface area contributed by atoms with E-state index in [4.69, 9.17) is 16.0 Å². The van der Waals surface area contributed by atoms with Crippen molar-refractivity contribution in [3.05, 3.63) is 0 Å². The molecule has 0 N–H and O–H groups in total. The third-order valence-corrected chi connectivity index (χ3v) is 3.88. The van der Waals surface area contributed by atoms with Crippen molar-refractivity contribution in [3.8, 4) is 0 Å². The highest BCUT2D eigenvalue weighted by molar-refractivity contribution is 7.75. The molecule has 0 aliphatic heterocycles. The van der Waals surface area contributed by atoms with Crippen molar-refractivity contribution in [2.45, 2.75) is 52.6 Å². The van der Waals surface area contributed by atoms with Gasteiger partial charge in [-0.15, -0.1) is 0 Å². The van der Waals surface area contributed by atoms with Gasteiger partial charge in [-0.1, -0.05) is 33.6 Å². The Labute approximate surface area is 99.5 Å². The topological polar surface area (TPSA) is 35.5 Å². The fraction of sp³-hybridized carbons (Fsp3) is 1.00. The average Bonchev–Trinajstić information content (AvgIpc) is 2.17. The lowest BCUT2D eigenvalue weighted by Crippen LogP contribution is -2.37. The minimum Gasteiger partial charge on any atom is -0.264 e. The molecule has 3 atom stereocenters. The highest BCUT2D eigenvalue weighted by Crippen LogP contribution is 2.39. The van der Waals surface area contributed by atoms with E-state index in [9.17, 15) is 4.21 Å². The first-order chi connectivity index (χ1) is 6.95. The van der Waals surface area contributed by atoms with Gasteiger partial charge in [-0.2, -0.15) is 7.94 Å². The molecule has 0 bridgehead atoms. The number of hydrogen-bond acceptors (Lipinski definition) is 3. The summed E-state index contributed by atoms with van der Waals surface area (Å²) >= 11 is 3.19. The summed E-state index contributed by atoms with van der Waals surface area (Å²) in [5.41, 5.74) is 0.168. The zero-order valence-electron chi connectivity index (χ0n) is 9.49. The summed E-state index contributed by atoms with van der Waals surface area (Å²) in [4.78, 5) is 0. The molecule has 0 amide bonds. The molecular formula is C10H19ClO3S. The second kappa shape index (κ2) is 5.62. The minimum absolute atomic E-state index is 0.00154. The Bertz CT molecular complexity index is 227. The summed E-state index contributed by atoms with van der Waals surface area (Å²) in [6.45, 7) is 6.55. The van der Waals surface area contributed by atoms with Gasteiger partial charge in [-0.05, 0) is 24.2 Å². The summed E-state index contributed by atoms with van der Waals surface area (Å²) in [7, 11) is 0. The van der Waals surface area contributed by atoms with E-state index in [1.54, 1.807) is 0 Å². The smallest absolute Gasteiger partial charge is 0.264 e. The summed E-state index contributed by atoms with van der Waals surface area (Å²) < 4.78 is 20.5. The molecule has 5 heteroatoms. The zero-order valence-corrected chi connectivity index (χ0v) is 11.1. The minimum atomic E-state index is -1.81. The molecule has 3 unspecified atom stereocenters. The van der Waals surface area contributed by atoms with E-state index in [1.165, 1.54) is 6.42 Å². The molecule has 0 aromatic rings. The van der Waals surface area contributed by atoms with E-state index in [2.05, 4.69) is 24.5 Å². The van der Waals surface area contributed by atoms with Gasteiger partial charge >= 0.3 is 11.4 Å². The van der Waals surface area contributed by atoms with Crippen LogP contribution in [0.2, 0.25) is 0 Å². The van der Waals surface area contributed by atoms with Gasteiger partial charge in [0.25, 0.3) is 0 Å². The van der Waals surface area contributed by atoms with Crippen LogP contribution < -0.4 is 0 Å². The van der Waals surface area contributed by atoms with E-state index >= 15 is 0 Å². The first-order valence-corrected chi connectivity index (χ1v) is 6.64. The second-order valence-corrected chi connectivity index (χ2v) is 6.26. The van der Waals surface area contributed by atoms with Crippen LogP contribution in [0, 0.1) is 11.3 Å². The molecule has 0 aromatic heterocycles. The summed E-state index contributed by atoms with van der Waals surface area (Å²) in [5.74, 6) is 0.419. The fourth-order valence-electron chi connectivity index (χ4n) is 2.32.